The van der Waals surface area contributed by atoms with Gasteiger partial charge >= 0.3 is 5.97 Å². The fraction of sp³-hybridized carbons (Fsp3) is 0.571. The maximum atomic E-state index is 11.9. The van der Waals surface area contributed by atoms with Crippen LogP contribution in [0.3, 0.4) is 0 Å². The molecule has 1 aliphatic rings. The van der Waals surface area contributed by atoms with Crippen molar-refractivity contribution < 1.29 is 23.9 Å². The number of likely N-dealkylation sites (tertiary alicyclic amines) is 1. The standard InChI is InChI=1S/C14H19NO5/c1-8(7-16)12-11(9(2)17)13(19)15(12)6-10(18)20-14(3,4)5/h7,11-12H,1,6H2,2-5H3/t11-,12-/m0/s1. The minimum atomic E-state index is -0.921. The van der Waals surface area contributed by atoms with Gasteiger partial charge in [-0.15, -0.1) is 0 Å². The monoisotopic (exact) mass is 281 g/mol. The van der Waals surface area contributed by atoms with Crippen LogP contribution in [0.15, 0.2) is 12.2 Å². The Morgan fingerprint density at radius 1 is 1.40 bits per heavy atom. The summed E-state index contributed by atoms with van der Waals surface area (Å²) in [7, 11) is 0. The summed E-state index contributed by atoms with van der Waals surface area (Å²) in [5, 5.41) is 0. The molecule has 0 aromatic carbocycles. The number of hydrogen-bond donors (Lipinski definition) is 0. The van der Waals surface area contributed by atoms with Crippen molar-refractivity contribution in [3.8, 4) is 0 Å². The van der Waals surface area contributed by atoms with Crippen LogP contribution in [0, 0.1) is 5.92 Å². The molecule has 0 aromatic heterocycles. The highest BCUT2D eigenvalue weighted by atomic mass is 16.6. The third-order valence-corrected chi connectivity index (χ3v) is 2.89. The Morgan fingerprint density at radius 2 is 1.95 bits per heavy atom. The van der Waals surface area contributed by atoms with Crippen LogP contribution in [0.1, 0.15) is 27.7 Å². The molecule has 110 valence electrons. The minimum Gasteiger partial charge on any atom is -0.459 e. The van der Waals surface area contributed by atoms with Gasteiger partial charge in [-0.25, -0.2) is 0 Å². The number of esters is 1. The van der Waals surface area contributed by atoms with E-state index in [9.17, 15) is 19.2 Å². The summed E-state index contributed by atoms with van der Waals surface area (Å²) in [6.45, 7) is 9.64. The fourth-order valence-electron chi connectivity index (χ4n) is 2.12. The van der Waals surface area contributed by atoms with Gasteiger partial charge in [-0.05, 0) is 27.7 Å². The Labute approximate surface area is 117 Å². The SMILES string of the molecule is C=C(C=O)[C@H]1[C@H](C(C)=O)C(=O)N1CC(=O)OC(C)(C)C. The largest absolute Gasteiger partial charge is 0.459 e. The van der Waals surface area contributed by atoms with Gasteiger partial charge in [0.15, 0.2) is 0 Å². The highest BCUT2D eigenvalue weighted by Gasteiger charge is 2.51. The zero-order valence-electron chi connectivity index (χ0n) is 12.1. The Hall–Kier alpha value is -1.98. The molecule has 1 rings (SSSR count). The predicted octanol–water partition coefficient (Wildman–Crippen LogP) is 0.499. The van der Waals surface area contributed by atoms with Crippen molar-refractivity contribution in [3.63, 3.8) is 0 Å². The van der Waals surface area contributed by atoms with Crippen LogP contribution < -0.4 is 0 Å². The second kappa shape index (κ2) is 5.56. The fourth-order valence-corrected chi connectivity index (χ4v) is 2.12. The maximum Gasteiger partial charge on any atom is 0.326 e. The molecule has 6 nitrogen and oxygen atoms in total. The van der Waals surface area contributed by atoms with E-state index in [0.717, 1.165) is 4.90 Å². The summed E-state index contributed by atoms with van der Waals surface area (Å²) in [6.07, 6.45) is 0.495. The van der Waals surface area contributed by atoms with Crippen LogP contribution in [0.5, 0.6) is 0 Å². The molecule has 1 fully saturated rings. The molecule has 1 amide bonds. The molecule has 0 spiro atoms. The van der Waals surface area contributed by atoms with E-state index < -0.39 is 29.4 Å². The number of nitrogens with zero attached hydrogens (tertiary/aromatic N) is 1. The van der Waals surface area contributed by atoms with Crippen molar-refractivity contribution >= 4 is 23.9 Å². The highest BCUT2D eigenvalue weighted by Crippen LogP contribution is 2.31. The van der Waals surface area contributed by atoms with Gasteiger partial charge in [-0.1, -0.05) is 6.58 Å². The lowest BCUT2D eigenvalue weighted by molar-refractivity contribution is -0.170. The van der Waals surface area contributed by atoms with E-state index in [0.29, 0.717) is 6.29 Å². The van der Waals surface area contributed by atoms with E-state index in [1.807, 2.05) is 0 Å². The number of amides is 1. The number of Topliss-reactive ketones (excluding diaryl/α,β-unsaturated/α-hetero) is 1. The summed E-state index contributed by atoms with van der Waals surface area (Å²) in [4.78, 5) is 47.0. The molecule has 0 unspecified atom stereocenters. The van der Waals surface area contributed by atoms with E-state index in [-0.39, 0.29) is 17.9 Å². The van der Waals surface area contributed by atoms with E-state index in [1.54, 1.807) is 20.8 Å². The molecule has 0 aromatic rings. The quantitative estimate of drug-likeness (QED) is 0.241. The molecule has 2 atom stereocenters. The molecule has 0 radical (unpaired) electrons. The molecule has 1 aliphatic heterocycles. The summed E-state index contributed by atoms with van der Waals surface area (Å²) < 4.78 is 5.11. The van der Waals surface area contributed by atoms with Crippen LogP contribution >= 0.6 is 0 Å². The molecule has 0 bridgehead atoms. The second-order valence-corrected chi connectivity index (χ2v) is 5.78. The summed E-state index contributed by atoms with van der Waals surface area (Å²) in [5.41, 5.74) is -0.560. The van der Waals surface area contributed by atoms with Crippen LogP contribution in [-0.4, -0.2) is 47.0 Å². The Balaban J connectivity index is 2.81. The van der Waals surface area contributed by atoms with Gasteiger partial charge in [-0.2, -0.15) is 0 Å². The van der Waals surface area contributed by atoms with Crippen LogP contribution in [0.25, 0.3) is 0 Å². The first-order valence-electron chi connectivity index (χ1n) is 6.25. The second-order valence-electron chi connectivity index (χ2n) is 5.78. The highest BCUT2D eigenvalue weighted by molar-refractivity contribution is 6.08. The van der Waals surface area contributed by atoms with Crippen LogP contribution in [0.2, 0.25) is 0 Å². The van der Waals surface area contributed by atoms with Gasteiger partial charge in [0.1, 0.15) is 30.1 Å². The number of carbonyl (C=O) groups excluding carboxylic acids is 4. The van der Waals surface area contributed by atoms with Gasteiger partial charge in [0.25, 0.3) is 0 Å². The smallest absolute Gasteiger partial charge is 0.326 e. The number of rotatable bonds is 5. The first-order valence-corrected chi connectivity index (χ1v) is 6.25. The lowest BCUT2D eigenvalue weighted by Gasteiger charge is -2.45. The number of ketones is 1. The summed E-state index contributed by atoms with van der Waals surface area (Å²) in [6, 6.07) is -0.745. The van der Waals surface area contributed by atoms with Crippen LogP contribution in [-0.2, 0) is 23.9 Å². The topological polar surface area (TPSA) is 80.8 Å². The van der Waals surface area contributed by atoms with Crippen molar-refractivity contribution in [2.75, 3.05) is 6.54 Å². The lowest BCUT2D eigenvalue weighted by Crippen LogP contribution is -2.65. The first kappa shape index (κ1) is 16.1. The van der Waals surface area contributed by atoms with Gasteiger partial charge in [0, 0.05) is 5.57 Å². The normalized spacial score (nSPS) is 22.0. The first-order chi connectivity index (χ1) is 9.08. The molecule has 1 saturated heterocycles. The maximum absolute atomic E-state index is 11.9. The minimum absolute atomic E-state index is 0.105. The molecule has 0 aliphatic carbocycles. The third-order valence-electron chi connectivity index (χ3n) is 2.89. The number of ether oxygens (including phenoxy) is 1. The lowest BCUT2D eigenvalue weighted by atomic mass is 9.80. The summed E-state index contributed by atoms with van der Waals surface area (Å²) >= 11 is 0. The molecule has 1 heterocycles. The van der Waals surface area contributed by atoms with E-state index in [2.05, 4.69) is 6.58 Å². The summed E-state index contributed by atoms with van der Waals surface area (Å²) in [5.74, 6) is -2.33. The Morgan fingerprint density at radius 3 is 2.35 bits per heavy atom. The Kier molecular flexibility index (Phi) is 4.47. The number of carbonyl (C=O) groups is 4. The van der Waals surface area contributed by atoms with Crippen molar-refractivity contribution in [2.24, 2.45) is 5.92 Å². The number of hydrogen-bond acceptors (Lipinski definition) is 5. The number of aldehydes is 1. The van der Waals surface area contributed by atoms with Crippen molar-refractivity contribution in [2.45, 2.75) is 39.3 Å². The number of β-lactam (4-membered cyclic amide) rings is 1. The van der Waals surface area contributed by atoms with E-state index in [1.165, 1.54) is 6.92 Å². The van der Waals surface area contributed by atoms with Gasteiger partial charge in [-0.3, -0.25) is 19.2 Å². The van der Waals surface area contributed by atoms with Crippen LogP contribution in [0.4, 0.5) is 0 Å². The molecular formula is C14H19NO5. The predicted molar refractivity (Wildman–Crippen MR) is 70.7 cm³/mol. The van der Waals surface area contributed by atoms with E-state index >= 15 is 0 Å². The van der Waals surface area contributed by atoms with E-state index in [4.69, 9.17) is 4.74 Å². The molecule has 0 N–H and O–H groups in total. The molecule has 0 saturated carbocycles. The van der Waals surface area contributed by atoms with Crippen molar-refractivity contribution in [3.05, 3.63) is 12.2 Å². The van der Waals surface area contributed by atoms with Gasteiger partial charge < -0.3 is 9.64 Å². The van der Waals surface area contributed by atoms with Crippen molar-refractivity contribution in [1.82, 2.24) is 4.90 Å². The Bertz CT molecular complexity index is 474. The zero-order chi connectivity index (χ0) is 15.7. The third kappa shape index (κ3) is 3.31. The molecule has 20 heavy (non-hydrogen) atoms. The van der Waals surface area contributed by atoms with Gasteiger partial charge in [0.05, 0.1) is 6.04 Å². The molecular weight excluding hydrogens is 262 g/mol. The average molecular weight is 281 g/mol. The van der Waals surface area contributed by atoms with Crippen molar-refractivity contribution in [1.29, 1.82) is 0 Å². The van der Waals surface area contributed by atoms with Gasteiger partial charge in [0.2, 0.25) is 5.91 Å². The zero-order valence-corrected chi connectivity index (χ0v) is 12.1. The average Bonchev–Trinajstić information content (AvgIpc) is 2.28. The molecule has 6 heteroatoms.